The second kappa shape index (κ2) is 6.61. The summed E-state index contributed by atoms with van der Waals surface area (Å²) < 4.78 is 4.92. The zero-order valence-corrected chi connectivity index (χ0v) is 11.4. The van der Waals surface area contributed by atoms with Gasteiger partial charge in [-0.15, -0.1) is 0 Å². The molecule has 0 saturated heterocycles. The predicted molar refractivity (Wildman–Crippen MR) is 76.0 cm³/mol. The molecule has 0 saturated carbocycles. The monoisotopic (exact) mass is 260 g/mol. The number of likely N-dealkylation sites (N-methyl/N-ethyl adjacent to an activating group) is 1. The van der Waals surface area contributed by atoms with E-state index >= 15 is 0 Å². The average Bonchev–Trinajstić information content (AvgIpc) is 2.38. The molecule has 0 aliphatic heterocycles. The number of ether oxygens (including phenoxy) is 1. The zero-order chi connectivity index (χ0) is 13.7. The molecule has 0 amide bonds. The molecule has 1 atom stereocenters. The Kier molecular flexibility index (Phi) is 4.85. The summed E-state index contributed by atoms with van der Waals surface area (Å²) in [6.07, 6.45) is -0.463. The lowest BCUT2D eigenvalue weighted by Crippen LogP contribution is -2.31. The van der Waals surface area contributed by atoms with Crippen LogP contribution in [-0.2, 0) is 11.3 Å². The van der Waals surface area contributed by atoms with E-state index in [-0.39, 0.29) is 0 Å². The number of para-hydroxylation sites is 1. The van der Waals surface area contributed by atoms with E-state index in [0.29, 0.717) is 19.7 Å². The molecule has 2 aromatic rings. The first-order valence-corrected chi connectivity index (χ1v) is 6.39. The Balaban J connectivity index is 2.00. The van der Waals surface area contributed by atoms with Crippen molar-refractivity contribution < 1.29 is 9.84 Å². The van der Waals surface area contributed by atoms with Gasteiger partial charge in [0.15, 0.2) is 0 Å². The third-order valence-corrected chi connectivity index (χ3v) is 2.97. The average molecular weight is 260 g/mol. The maximum atomic E-state index is 9.68. The van der Waals surface area contributed by atoms with Crippen LogP contribution >= 0.6 is 0 Å². The Bertz CT molecular complexity index is 530. The number of fused-ring (bicyclic) bond motifs is 1. The van der Waals surface area contributed by atoms with Crippen molar-refractivity contribution in [3.05, 3.63) is 42.1 Å². The highest BCUT2D eigenvalue weighted by Gasteiger charge is 2.09. The maximum Gasteiger partial charge on any atom is 0.0900 e. The lowest BCUT2D eigenvalue weighted by Gasteiger charge is -2.19. The summed E-state index contributed by atoms with van der Waals surface area (Å²) >= 11 is 0. The number of hydrogen-bond acceptors (Lipinski definition) is 4. The fraction of sp³-hybridized carbons (Fsp3) is 0.400. The second-order valence-electron chi connectivity index (χ2n) is 4.80. The molecule has 2 rings (SSSR count). The maximum absolute atomic E-state index is 9.68. The Morgan fingerprint density at radius 3 is 2.84 bits per heavy atom. The number of benzene rings is 1. The van der Waals surface area contributed by atoms with E-state index in [0.717, 1.165) is 16.6 Å². The van der Waals surface area contributed by atoms with Crippen molar-refractivity contribution in [1.82, 2.24) is 9.88 Å². The minimum absolute atomic E-state index is 0.357. The Morgan fingerprint density at radius 2 is 2.05 bits per heavy atom. The van der Waals surface area contributed by atoms with Gasteiger partial charge >= 0.3 is 0 Å². The number of rotatable bonds is 6. The quantitative estimate of drug-likeness (QED) is 0.858. The summed E-state index contributed by atoms with van der Waals surface area (Å²) in [5, 5.41) is 10.8. The van der Waals surface area contributed by atoms with Gasteiger partial charge in [0.25, 0.3) is 0 Å². The van der Waals surface area contributed by atoms with Crippen molar-refractivity contribution in [3.8, 4) is 0 Å². The van der Waals surface area contributed by atoms with Gasteiger partial charge in [-0.3, -0.25) is 9.88 Å². The van der Waals surface area contributed by atoms with Crippen molar-refractivity contribution in [2.24, 2.45) is 0 Å². The summed E-state index contributed by atoms with van der Waals surface area (Å²) in [5.41, 5.74) is 2.01. The number of hydrogen-bond donors (Lipinski definition) is 1. The summed E-state index contributed by atoms with van der Waals surface area (Å²) in [7, 11) is 3.56. The van der Waals surface area contributed by atoms with Gasteiger partial charge in [0.05, 0.1) is 23.9 Å². The number of aromatic nitrogens is 1. The standard InChI is InChI=1S/C15H20N2O2/c1-17(10-14(18)11-19-2)9-13-8-7-12-5-3-4-6-15(12)16-13/h3-8,14,18H,9-11H2,1-2H3. The number of methoxy groups -OCH3 is 1. The number of aliphatic hydroxyl groups excluding tert-OH is 1. The minimum atomic E-state index is -0.463. The molecule has 1 N–H and O–H groups in total. The fourth-order valence-electron chi connectivity index (χ4n) is 2.14. The van der Waals surface area contributed by atoms with Crippen LogP contribution in [0.3, 0.4) is 0 Å². The van der Waals surface area contributed by atoms with Gasteiger partial charge in [-0.2, -0.15) is 0 Å². The van der Waals surface area contributed by atoms with E-state index in [1.54, 1.807) is 7.11 Å². The van der Waals surface area contributed by atoms with Gasteiger partial charge < -0.3 is 9.84 Å². The number of pyridine rings is 1. The molecule has 0 fully saturated rings. The topological polar surface area (TPSA) is 45.6 Å². The fourth-order valence-corrected chi connectivity index (χ4v) is 2.14. The minimum Gasteiger partial charge on any atom is -0.389 e. The van der Waals surface area contributed by atoms with Crippen LogP contribution in [0.15, 0.2) is 36.4 Å². The molecule has 102 valence electrons. The molecule has 0 aliphatic carbocycles. The van der Waals surface area contributed by atoms with Crippen molar-refractivity contribution in [1.29, 1.82) is 0 Å². The predicted octanol–water partition coefficient (Wildman–Crippen LogP) is 1.67. The van der Waals surface area contributed by atoms with Gasteiger partial charge in [-0.1, -0.05) is 24.3 Å². The molecule has 1 unspecified atom stereocenters. The number of nitrogens with zero attached hydrogens (tertiary/aromatic N) is 2. The molecule has 0 radical (unpaired) electrons. The Morgan fingerprint density at radius 1 is 1.26 bits per heavy atom. The van der Waals surface area contributed by atoms with Crippen molar-refractivity contribution in [2.75, 3.05) is 27.3 Å². The van der Waals surface area contributed by atoms with Gasteiger partial charge in [-0.05, 0) is 19.2 Å². The van der Waals surface area contributed by atoms with Gasteiger partial charge in [0.1, 0.15) is 0 Å². The zero-order valence-electron chi connectivity index (χ0n) is 11.4. The van der Waals surface area contributed by atoms with E-state index in [1.165, 1.54) is 0 Å². The highest BCUT2D eigenvalue weighted by Crippen LogP contribution is 2.12. The Labute approximate surface area is 113 Å². The van der Waals surface area contributed by atoms with Gasteiger partial charge in [-0.25, -0.2) is 0 Å². The molecule has 1 heterocycles. The van der Waals surface area contributed by atoms with Crippen LogP contribution in [0.4, 0.5) is 0 Å². The highest BCUT2D eigenvalue weighted by atomic mass is 16.5. The van der Waals surface area contributed by atoms with Crippen LogP contribution in [0.2, 0.25) is 0 Å². The van der Waals surface area contributed by atoms with Crippen LogP contribution in [0, 0.1) is 0 Å². The largest absolute Gasteiger partial charge is 0.389 e. The third kappa shape index (κ3) is 3.99. The first-order chi connectivity index (χ1) is 9.19. The molecular formula is C15H20N2O2. The lowest BCUT2D eigenvalue weighted by molar-refractivity contribution is 0.0417. The van der Waals surface area contributed by atoms with Crippen LogP contribution in [0.25, 0.3) is 10.9 Å². The SMILES string of the molecule is COCC(O)CN(C)Cc1ccc2ccccc2n1. The van der Waals surface area contributed by atoms with E-state index in [1.807, 2.05) is 36.2 Å². The van der Waals surface area contributed by atoms with E-state index in [4.69, 9.17) is 4.74 Å². The smallest absolute Gasteiger partial charge is 0.0900 e. The second-order valence-corrected chi connectivity index (χ2v) is 4.80. The molecule has 4 heteroatoms. The molecular weight excluding hydrogens is 240 g/mol. The highest BCUT2D eigenvalue weighted by molar-refractivity contribution is 5.78. The molecule has 1 aromatic heterocycles. The van der Waals surface area contributed by atoms with E-state index in [2.05, 4.69) is 17.1 Å². The first kappa shape index (κ1) is 13.9. The molecule has 0 aliphatic rings. The van der Waals surface area contributed by atoms with Crippen LogP contribution in [0.1, 0.15) is 5.69 Å². The molecule has 19 heavy (non-hydrogen) atoms. The summed E-state index contributed by atoms with van der Waals surface area (Å²) in [6.45, 7) is 1.64. The van der Waals surface area contributed by atoms with Crippen LogP contribution in [0.5, 0.6) is 0 Å². The van der Waals surface area contributed by atoms with E-state index in [9.17, 15) is 5.11 Å². The summed E-state index contributed by atoms with van der Waals surface area (Å²) in [4.78, 5) is 6.66. The lowest BCUT2D eigenvalue weighted by atomic mass is 10.2. The third-order valence-electron chi connectivity index (χ3n) is 2.97. The van der Waals surface area contributed by atoms with Crippen molar-refractivity contribution >= 4 is 10.9 Å². The first-order valence-electron chi connectivity index (χ1n) is 6.39. The molecule has 0 spiro atoms. The summed E-state index contributed by atoms with van der Waals surface area (Å²) in [5.74, 6) is 0. The van der Waals surface area contributed by atoms with Crippen molar-refractivity contribution in [2.45, 2.75) is 12.6 Å². The molecule has 0 bridgehead atoms. The number of aliphatic hydroxyl groups is 1. The summed E-state index contributed by atoms with van der Waals surface area (Å²) in [6, 6.07) is 12.2. The Hall–Kier alpha value is -1.49. The van der Waals surface area contributed by atoms with Crippen LogP contribution in [-0.4, -0.2) is 48.4 Å². The molecule has 4 nitrogen and oxygen atoms in total. The van der Waals surface area contributed by atoms with Crippen molar-refractivity contribution in [3.63, 3.8) is 0 Å². The van der Waals surface area contributed by atoms with Crippen LogP contribution < -0.4 is 0 Å². The molecule has 1 aromatic carbocycles. The van der Waals surface area contributed by atoms with E-state index < -0.39 is 6.10 Å². The van der Waals surface area contributed by atoms with Gasteiger partial charge in [0.2, 0.25) is 0 Å². The van der Waals surface area contributed by atoms with Gasteiger partial charge in [0, 0.05) is 25.6 Å². The normalized spacial score (nSPS) is 13.1.